The number of hydrogen-bond donors (Lipinski definition) is 0. The van der Waals surface area contributed by atoms with Gasteiger partial charge in [0.25, 0.3) is 0 Å². The third-order valence-electron chi connectivity index (χ3n) is 2.81. The zero-order valence-corrected chi connectivity index (χ0v) is 11.4. The summed E-state index contributed by atoms with van der Waals surface area (Å²) < 4.78 is 50.8. The van der Waals surface area contributed by atoms with Gasteiger partial charge in [-0.25, -0.2) is 4.39 Å². The Labute approximate surface area is 115 Å². The van der Waals surface area contributed by atoms with Gasteiger partial charge in [-0.05, 0) is 31.0 Å². The van der Waals surface area contributed by atoms with Crippen LogP contribution in [0.2, 0.25) is 0 Å². The van der Waals surface area contributed by atoms with Gasteiger partial charge in [0.15, 0.2) is 0 Å². The molecule has 6 heteroatoms. The van der Waals surface area contributed by atoms with Crippen LogP contribution in [-0.2, 0) is 6.18 Å². The lowest BCUT2D eigenvalue weighted by Crippen LogP contribution is -2.20. The second-order valence-corrected chi connectivity index (χ2v) is 4.71. The van der Waals surface area contributed by atoms with Gasteiger partial charge >= 0.3 is 6.18 Å². The van der Waals surface area contributed by atoms with Crippen molar-refractivity contribution in [3.8, 4) is 0 Å². The minimum atomic E-state index is -4.52. The van der Waals surface area contributed by atoms with Crippen LogP contribution in [0.3, 0.4) is 0 Å². The number of anilines is 1. The van der Waals surface area contributed by atoms with E-state index >= 15 is 0 Å². The van der Waals surface area contributed by atoms with E-state index in [0.29, 0.717) is 18.5 Å². The Hall–Kier alpha value is -0.970. The molecule has 19 heavy (non-hydrogen) atoms. The van der Waals surface area contributed by atoms with Gasteiger partial charge < -0.3 is 4.90 Å². The van der Waals surface area contributed by atoms with Crippen molar-refractivity contribution in [1.82, 2.24) is 0 Å². The second kappa shape index (κ2) is 6.98. The lowest BCUT2D eigenvalue weighted by Gasteiger charge is -2.20. The van der Waals surface area contributed by atoms with Gasteiger partial charge in [-0.15, -0.1) is 11.6 Å². The summed E-state index contributed by atoms with van der Waals surface area (Å²) in [4.78, 5) is 1.61. The van der Waals surface area contributed by atoms with Gasteiger partial charge in [-0.1, -0.05) is 6.42 Å². The highest BCUT2D eigenvalue weighted by Crippen LogP contribution is 2.32. The predicted octanol–water partition coefficient (Wildman–Crippen LogP) is 4.69. The van der Waals surface area contributed by atoms with Crippen LogP contribution in [0.4, 0.5) is 23.2 Å². The van der Waals surface area contributed by atoms with E-state index in [4.69, 9.17) is 11.6 Å². The maximum absolute atomic E-state index is 13.6. The van der Waals surface area contributed by atoms with Crippen LogP contribution in [0.25, 0.3) is 0 Å². The molecule has 1 nitrogen and oxygen atoms in total. The Morgan fingerprint density at radius 3 is 2.37 bits per heavy atom. The number of benzene rings is 1. The first kappa shape index (κ1) is 16.1. The Bertz CT molecular complexity index is 406. The summed E-state index contributed by atoms with van der Waals surface area (Å²) >= 11 is 5.54. The highest BCUT2D eigenvalue weighted by molar-refractivity contribution is 6.17. The summed E-state index contributed by atoms with van der Waals surface area (Å²) in [5.74, 6) is -0.270. The number of alkyl halides is 4. The maximum atomic E-state index is 13.6. The molecule has 0 unspecified atom stereocenters. The number of rotatable bonds is 6. The lowest BCUT2D eigenvalue weighted by atomic mass is 10.1. The molecule has 0 saturated carbocycles. The molecule has 0 aliphatic carbocycles. The van der Waals surface area contributed by atoms with E-state index in [9.17, 15) is 17.6 Å². The number of nitrogens with zero attached hydrogens (tertiary/aromatic N) is 1. The average Bonchev–Trinajstić information content (AvgIpc) is 2.33. The molecule has 0 amide bonds. The van der Waals surface area contributed by atoms with Crippen molar-refractivity contribution in [1.29, 1.82) is 0 Å². The molecule has 1 rings (SSSR count). The van der Waals surface area contributed by atoms with E-state index in [1.807, 2.05) is 0 Å². The van der Waals surface area contributed by atoms with Crippen LogP contribution in [0.15, 0.2) is 18.2 Å². The van der Waals surface area contributed by atoms with Crippen LogP contribution >= 0.6 is 11.6 Å². The molecule has 0 radical (unpaired) electrons. The first-order valence-corrected chi connectivity index (χ1v) is 6.53. The molecule has 108 valence electrons. The van der Waals surface area contributed by atoms with Crippen molar-refractivity contribution < 1.29 is 17.6 Å². The average molecular weight is 298 g/mol. The SMILES string of the molecule is CN(CCCCCCl)c1ccc(C(F)(F)F)cc1F. The molecule has 0 fully saturated rings. The zero-order valence-electron chi connectivity index (χ0n) is 10.6. The van der Waals surface area contributed by atoms with Gasteiger partial charge in [0.1, 0.15) is 5.82 Å². The smallest absolute Gasteiger partial charge is 0.372 e. The normalized spacial score (nSPS) is 11.7. The summed E-state index contributed by atoms with van der Waals surface area (Å²) in [6, 6.07) is 2.60. The van der Waals surface area contributed by atoms with Gasteiger partial charge in [0.05, 0.1) is 11.3 Å². The van der Waals surface area contributed by atoms with E-state index in [1.165, 1.54) is 6.07 Å². The van der Waals surface area contributed by atoms with Gasteiger partial charge in [0, 0.05) is 19.5 Å². The predicted molar refractivity (Wildman–Crippen MR) is 69.2 cm³/mol. The van der Waals surface area contributed by atoms with E-state index in [1.54, 1.807) is 11.9 Å². The van der Waals surface area contributed by atoms with Crippen molar-refractivity contribution in [3.63, 3.8) is 0 Å². The van der Waals surface area contributed by atoms with Gasteiger partial charge in [-0.2, -0.15) is 13.2 Å². The van der Waals surface area contributed by atoms with E-state index < -0.39 is 17.6 Å². The lowest BCUT2D eigenvalue weighted by molar-refractivity contribution is -0.137. The van der Waals surface area contributed by atoms with Crippen molar-refractivity contribution >= 4 is 17.3 Å². The molecule has 1 aromatic carbocycles. The maximum Gasteiger partial charge on any atom is 0.416 e. The summed E-state index contributed by atoms with van der Waals surface area (Å²) in [7, 11) is 1.66. The number of halogens is 5. The molecule has 0 heterocycles. The fourth-order valence-electron chi connectivity index (χ4n) is 1.73. The first-order valence-electron chi connectivity index (χ1n) is 6.00. The zero-order chi connectivity index (χ0) is 14.5. The summed E-state index contributed by atoms with van der Waals surface area (Å²) in [6.07, 6.45) is -1.90. The highest BCUT2D eigenvalue weighted by Gasteiger charge is 2.31. The van der Waals surface area contributed by atoms with Gasteiger partial charge in [-0.3, -0.25) is 0 Å². The molecule has 1 aromatic rings. The summed E-state index contributed by atoms with van der Waals surface area (Å²) in [6.45, 7) is 0.583. The first-order chi connectivity index (χ1) is 8.86. The van der Waals surface area contributed by atoms with E-state index in [-0.39, 0.29) is 5.69 Å². The molecule has 0 aromatic heterocycles. The minimum absolute atomic E-state index is 0.180. The highest BCUT2D eigenvalue weighted by atomic mass is 35.5. The Morgan fingerprint density at radius 1 is 1.16 bits per heavy atom. The molecular formula is C13H16ClF4N. The fraction of sp³-hybridized carbons (Fsp3) is 0.538. The van der Waals surface area contributed by atoms with Crippen molar-refractivity contribution in [2.45, 2.75) is 25.4 Å². The van der Waals surface area contributed by atoms with E-state index in [2.05, 4.69) is 0 Å². The minimum Gasteiger partial charge on any atom is -0.372 e. The molecule has 0 aliphatic heterocycles. The fourth-order valence-corrected chi connectivity index (χ4v) is 1.92. The number of hydrogen-bond acceptors (Lipinski definition) is 1. The van der Waals surface area contributed by atoms with Crippen LogP contribution in [-0.4, -0.2) is 19.5 Å². The molecule has 0 spiro atoms. The Kier molecular flexibility index (Phi) is 5.91. The monoisotopic (exact) mass is 297 g/mol. The molecule has 0 saturated heterocycles. The Balaban J connectivity index is 2.68. The van der Waals surface area contributed by atoms with Crippen LogP contribution in [0.1, 0.15) is 24.8 Å². The topological polar surface area (TPSA) is 3.24 Å². The van der Waals surface area contributed by atoms with Crippen LogP contribution in [0.5, 0.6) is 0 Å². The molecule has 0 N–H and O–H groups in total. The number of unbranched alkanes of at least 4 members (excludes halogenated alkanes) is 2. The summed E-state index contributed by atoms with van der Waals surface area (Å²) in [5.41, 5.74) is -0.789. The van der Waals surface area contributed by atoms with Crippen molar-refractivity contribution in [2.24, 2.45) is 0 Å². The summed E-state index contributed by atoms with van der Waals surface area (Å²) in [5, 5.41) is 0. The third kappa shape index (κ3) is 4.90. The van der Waals surface area contributed by atoms with E-state index in [0.717, 1.165) is 25.3 Å². The molecular weight excluding hydrogens is 282 g/mol. The van der Waals surface area contributed by atoms with Crippen molar-refractivity contribution in [2.75, 3.05) is 24.4 Å². The Morgan fingerprint density at radius 2 is 1.84 bits per heavy atom. The van der Waals surface area contributed by atoms with Gasteiger partial charge in [0.2, 0.25) is 0 Å². The largest absolute Gasteiger partial charge is 0.416 e. The van der Waals surface area contributed by atoms with Crippen LogP contribution < -0.4 is 4.90 Å². The van der Waals surface area contributed by atoms with Crippen molar-refractivity contribution in [3.05, 3.63) is 29.6 Å². The third-order valence-corrected chi connectivity index (χ3v) is 3.08. The van der Waals surface area contributed by atoms with Crippen LogP contribution in [0, 0.1) is 5.82 Å². The quantitative estimate of drug-likeness (QED) is 0.418. The second-order valence-electron chi connectivity index (χ2n) is 4.34. The molecule has 0 atom stereocenters. The standard InChI is InChI=1S/C13H16ClF4N/c1-19(8-4-2-3-7-14)12-6-5-10(9-11(12)15)13(16,17)18/h5-6,9H,2-4,7-8H2,1H3. The molecule has 0 aliphatic rings. The molecule has 0 bridgehead atoms.